The van der Waals surface area contributed by atoms with Crippen molar-refractivity contribution in [3.05, 3.63) is 35.6 Å². The number of hydrogen-bond donors (Lipinski definition) is 2. The van der Waals surface area contributed by atoms with Crippen LogP contribution in [-0.4, -0.2) is 18.5 Å². The first-order chi connectivity index (χ1) is 9.08. The van der Waals surface area contributed by atoms with Gasteiger partial charge < -0.3 is 11.1 Å². The van der Waals surface area contributed by atoms with Crippen LogP contribution in [0.5, 0.6) is 0 Å². The van der Waals surface area contributed by atoms with Gasteiger partial charge in [0.25, 0.3) is 0 Å². The summed E-state index contributed by atoms with van der Waals surface area (Å²) >= 11 is 0. The van der Waals surface area contributed by atoms with E-state index in [1.54, 1.807) is 18.2 Å². The molecule has 0 heterocycles. The molecule has 1 aliphatic carbocycles. The van der Waals surface area contributed by atoms with Crippen LogP contribution < -0.4 is 11.1 Å². The van der Waals surface area contributed by atoms with Gasteiger partial charge in [0.15, 0.2) is 0 Å². The Morgan fingerprint density at radius 1 is 1.47 bits per heavy atom. The minimum atomic E-state index is -0.253. The van der Waals surface area contributed by atoms with Gasteiger partial charge in [-0.1, -0.05) is 25.1 Å². The predicted molar refractivity (Wildman–Crippen MR) is 73.0 cm³/mol. The number of rotatable bonds is 6. The van der Waals surface area contributed by atoms with E-state index in [4.69, 9.17) is 5.73 Å². The maximum Gasteiger partial charge on any atom is 0.223 e. The van der Waals surface area contributed by atoms with E-state index in [2.05, 4.69) is 5.32 Å². The van der Waals surface area contributed by atoms with E-state index < -0.39 is 0 Å². The molecule has 2 atom stereocenters. The first kappa shape index (κ1) is 14.0. The Balaban J connectivity index is 1.80. The van der Waals surface area contributed by atoms with E-state index in [9.17, 15) is 9.18 Å². The number of amides is 1. The Bertz CT molecular complexity index is 446. The molecule has 1 aromatic carbocycles. The number of nitrogens with two attached hydrogens (primary N) is 1. The molecular formula is C15H21FN2O. The van der Waals surface area contributed by atoms with E-state index in [0.717, 1.165) is 0 Å². The maximum atomic E-state index is 13.5. The van der Waals surface area contributed by atoms with E-state index in [1.807, 2.05) is 6.92 Å². The Kier molecular flexibility index (Phi) is 4.53. The van der Waals surface area contributed by atoms with Crippen LogP contribution in [-0.2, 0) is 11.2 Å². The molecule has 3 N–H and O–H groups in total. The number of halogens is 1. The Hall–Kier alpha value is -1.42. The first-order valence-corrected chi connectivity index (χ1v) is 6.84. The second-order valence-electron chi connectivity index (χ2n) is 5.44. The summed E-state index contributed by atoms with van der Waals surface area (Å²) in [4.78, 5) is 11.9. The van der Waals surface area contributed by atoms with Crippen molar-refractivity contribution in [2.75, 3.05) is 6.54 Å². The zero-order valence-electron chi connectivity index (χ0n) is 11.2. The number of benzene rings is 1. The smallest absolute Gasteiger partial charge is 0.223 e. The summed E-state index contributed by atoms with van der Waals surface area (Å²) in [6.07, 6.45) is 2.75. The van der Waals surface area contributed by atoms with Crippen molar-refractivity contribution in [1.82, 2.24) is 5.32 Å². The number of carbonyl (C=O) groups is 1. The summed E-state index contributed by atoms with van der Waals surface area (Å²) in [5, 5.41) is 2.86. The van der Waals surface area contributed by atoms with Gasteiger partial charge in [0.1, 0.15) is 5.82 Å². The van der Waals surface area contributed by atoms with Crippen LogP contribution in [0.2, 0.25) is 0 Å². The molecule has 19 heavy (non-hydrogen) atoms. The molecule has 1 aromatic rings. The van der Waals surface area contributed by atoms with Crippen molar-refractivity contribution < 1.29 is 9.18 Å². The molecule has 0 saturated heterocycles. The lowest BCUT2D eigenvalue weighted by atomic mass is 10.00. The lowest BCUT2D eigenvalue weighted by molar-refractivity contribution is -0.124. The SMILES string of the molecule is CC(Cc1ccccc1F)C(=O)NCC(N)C1CC1. The molecule has 0 radical (unpaired) electrons. The molecule has 1 fully saturated rings. The second kappa shape index (κ2) is 6.15. The monoisotopic (exact) mass is 264 g/mol. The van der Waals surface area contributed by atoms with Gasteiger partial charge in [0.05, 0.1) is 0 Å². The summed E-state index contributed by atoms with van der Waals surface area (Å²) in [5.74, 6) is 0.0154. The molecule has 4 heteroatoms. The van der Waals surface area contributed by atoms with Crippen LogP contribution in [0.3, 0.4) is 0 Å². The highest BCUT2D eigenvalue weighted by Crippen LogP contribution is 2.31. The van der Waals surface area contributed by atoms with E-state index in [0.29, 0.717) is 24.4 Å². The normalized spacial score (nSPS) is 17.8. The van der Waals surface area contributed by atoms with Crippen LogP contribution in [0.25, 0.3) is 0 Å². The average Bonchev–Trinajstić information content (AvgIpc) is 3.22. The molecule has 0 aromatic heterocycles. The Morgan fingerprint density at radius 2 is 2.16 bits per heavy atom. The summed E-state index contributed by atoms with van der Waals surface area (Å²) < 4.78 is 13.5. The zero-order chi connectivity index (χ0) is 13.8. The zero-order valence-corrected chi connectivity index (χ0v) is 11.2. The molecule has 0 aliphatic heterocycles. The van der Waals surface area contributed by atoms with E-state index in [1.165, 1.54) is 18.9 Å². The van der Waals surface area contributed by atoms with Crippen molar-refractivity contribution in [2.24, 2.45) is 17.6 Å². The molecule has 104 valence electrons. The van der Waals surface area contributed by atoms with Crippen LogP contribution in [0.1, 0.15) is 25.3 Å². The Labute approximate surface area is 113 Å². The topological polar surface area (TPSA) is 55.1 Å². The van der Waals surface area contributed by atoms with Crippen LogP contribution in [0.4, 0.5) is 4.39 Å². The van der Waals surface area contributed by atoms with Gasteiger partial charge in [0, 0.05) is 18.5 Å². The molecule has 0 spiro atoms. The molecule has 0 bridgehead atoms. The minimum absolute atomic E-state index is 0.0562. The lowest BCUT2D eigenvalue weighted by Gasteiger charge is -2.15. The summed E-state index contributed by atoms with van der Waals surface area (Å²) in [5.41, 5.74) is 6.51. The second-order valence-corrected chi connectivity index (χ2v) is 5.44. The molecular weight excluding hydrogens is 243 g/mol. The van der Waals surface area contributed by atoms with Gasteiger partial charge in [-0.05, 0) is 36.8 Å². The minimum Gasteiger partial charge on any atom is -0.354 e. The Morgan fingerprint density at radius 3 is 2.79 bits per heavy atom. The van der Waals surface area contributed by atoms with Gasteiger partial charge in [-0.15, -0.1) is 0 Å². The highest BCUT2D eigenvalue weighted by Gasteiger charge is 2.28. The van der Waals surface area contributed by atoms with Crippen LogP contribution in [0.15, 0.2) is 24.3 Å². The van der Waals surface area contributed by atoms with Crippen molar-refractivity contribution in [1.29, 1.82) is 0 Å². The lowest BCUT2D eigenvalue weighted by Crippen LogP contribution is -2.41. The quantitative estimate of drug-likeness (QED) is 0.824. The third kappa shape index (κ3) is 4.03. The maximum absolute atomic E-state index is 13.5. The highest BCUT2D eigenvalue weighted by atomic mass is 19.1. The molecule has 2 rings (SSSR count). The third-order valence-electron chi connectivity index (χ3n) is 3.67. The number of hydrogen-bond acceptors (Lipinski definition) is 2. The van der Waals surface area contributed by atoms with Gasteiger partial charge >= 0.3 is 0 Å². The van der Waals surface area contributed by atoms with Crippen molar-refractivity contribution in [3.8, 4) is 0 Å². The fourth-order valence-electron chi connectivity index (χ4n) is 2.17. The summed E-state index contributed by atoms with van der Waals surface area (Å²) in [6.45, 7) is 2.33. The predicted octanol–water partition coefficient (Wildman–Crippen LogP) is 1.86. The summed E-state index contributed by atoms with van der Waals surface area (Å²) in [7, 11) is 0. The third-order valence-corrected chi connectivity index (χ3v) is 3.67. The van der Waals surface area contributed by atoms with Crippen LogP contribution in [0, 0.1) is 17.7 Å². The molecule has 1 saturated carbocycles. The van der Waals surface area contributed by atoms with E-state index >= 15 is 0 Å². The van der Waals surface area contributed by atoms with Crippen molar-refractivity contribution in [3.63, 3.8) is 0 Å². The van der Waals surface area contributed by atoms with Gasteiger partial charge in [-0.25, -0.2) is 4.39 Å². The average molecular weight is 264 g/mol. The van der Waals surface area contributed by atoms with Gasteiger partial charge in [-0.3, -0.25) is 4.79 Å². The summed E-state index contributed by atoms with van der Waals surface area (Å²) in [6, 6.07) is 6.63. The molecule has 2 unspecified atom stereocenters. The van der Waals surface area contributed by atoms with E-state index in [-0.39, 0.29) is 23.7 Å². The van der Waals surface area contributed by atoms with Gasteiger partial charge in [-0.2, -0.15) is 0 Å². The highest BCUT2D eigenvalue weighted by molar-refractivity contribution is 5.78. The molecule has 1 aliphatic rings. The fraction of sp³-hybridized carbons (Fsp3) is 0.533. The molecule has 3 nitrogen and oxygen atoms in total. The standard InChI is InChI=1S/C15H21FN2O/c1-10(8-12-4-2-3-5-13(12)16)15(19)18-9-14(17)11-6-7-11/h2-5,10-11,14H,6-9,17H2,1H3,(H,18,19). The number of carbonyl (C=O) groups excluding carboxylic acids is 1. The first-order valence-electron chi connectivity index (χ1n) is 6.84. The van der Waals surface area contributed by atoms with Crippen molar-refractivity contribution in [2.45, 2.75) is 32.2 Å². The van der Waals surface area contributed by atoms with Crippen LogP contribution >= 0.6 is 0 Å². The van der Waals surface area contributed by atoms with Gasteiger partial charge in [0.2, 0.25) is 5.91 Å². The largest absolute Gasteiger partial charge is 0.354 e. The number of nitrogens with one attached hydrogen (secondary N) is 1. The van der Waals surface area contributed by atoms with Crippen molar-refractivity contribution >= 4 is 5.91 Å². The fourth-order valence-corrected chi connectivity index (χ4v) is 2.17. The molecule has 1 amide bonds.